The molecule has 0 radical (unpaired) electrons. The molecular weight excluding hydrogens is 366 g/mol. The number of aryl methyl sites for hydroxylation is 1. The van der Waals surface area contributed by atoms with Crippen LogP contribution < -0.4 is 11.2 Å². The summed E-state index contributed by atoms with van der Waals surface area (Å²) in [5.41, 5.74) is 8.07. The lowest BCUT2D eigenvalue weighted by Gasteiger charge is -2.16. The zero-order chi connectivity index (χ0) is 20.5. The number of H-pyrrole nitrogens is 1. The minimum Gasteiger partial charge on any atom is -0.463 e. The summed E-state index contributed by atoms with van der Waals surface area (Å²) in [6, 6.07) is -0.577. The van der Waals surface area contributed by atoms with E-state index in [1.54, 1.807) is 6.92 Å². The number of ether oxygens (including phenoxy) is 2. The van der Waals surface area contributed by atoms with E-state index in [9.17, 15) is 14.4 Å². The van der Waals surface area contributed by atoms with Gasteiger partial charge in [0.25, 0.3) is 5.56 Å². The van der Waals surface area contributed by atoms with Crippen molar-refractivity contribution in [2.75, 3.05) is 6.61 Å². The van der Waals surface area contributed by atoms with E-state index in [1.165, 1.54) is 10.8 Å². The third kappa shape index (κ3) is 5.97. The fourth-order valence-corrected chi connectivity index (χ4v) is 3.14. The van der Waals surface area contributed by atoms with Gasteiger partial charge in [-0.2, -0.15) is 0 Å². The molecule has 1 aliphatic rings. The van der Waals surface area contributed by atoms with Gasteiger partial charge in [0.15, 0.2) is 0 Å². The Morgan fingerprint density at radius 2 is 2.14 bits per heavy atom. The molecule has 0 amide bonds. The fourth-order valence-electron chi connectivity index (χ4n) is 3.14. The van der Waals surface area contributed by atoms with Crippen molar-refractivity contribution in [3.05, 3.63) is 43.0 Å². The first-order valence-electron chi connectivity index (χ1n) is 9.63. The number of carbonyl (C=O) groups is 1. The van der Waals surface area contributed by atoms with Gasteiger partial charge >= 0.3 is 11.7 Å². The molecule has 0 aliphatic carbocycles. The van der Waals surface area contributed by atoms with E-state index in [1.807, 2.05) is 0 Å². The average Bonchev–Trinajstić information content (AvgIpc) is 3.06. The van der Waals surface area contributed by atoms with Gasteiger partial charge in [0.2, 0.25) is 0 Å². The lowest BCUT2D eigenvalue weighted by Crippen LogP contribution is -2.33. The normalized spacial score (nSPS) is 21.3. The highest BCUT2D eigenvalue weighted by molar-refractivity contribution is 5.69. The van der Waals surface area contributed by atoms with Crippen molar-refractivity contribution in [2.45, 2.75) is 77.2 Å². The standard InChI is InChI=1S/C18H27N5O5/c1-3-4-5-6-7-8-16(24)27-11-14-13(21-22-19)9-15(28-14)23-10-12(2)17(25)20-18(23)26/h10,13-15H,3-9,11H2,1-2H3,(H,20,25,26). The summed E-state index contributed by atoms with van der Waals surface area (Å²) in [6.45, 7) is 3.66. The molecule has 28 heavy (non-hydrogen) atoms. The molecule has 10 heteroatoms. The van der Waals surface area contributed by atoms with Gasteiger partial charge in [0.1, 0.15) is 18.9 Å². The Morgan fingerprint density at radius 1 is 1.39 bits per heavy atom. The molecule has 1 fully saturated rings. The molecule has 0 aromatic carbocycles. The van der Waals surface area contributed by atoms with Crippen LogP contribution in [0.4, 0.5) is 0 Å². The van der Waals surface area contributed by atoms with Crippen LogP contribution in [0.3, 0.4) is 0 Å². The van der Waals surface area contributed by atoms with E-state index >= 15 is 0 Å². The Bertz CT molecular complexity index is 826. The second-order valence-corrected chi connectivity index (χ2v) is 6.96. The Kier molecular flexibility index (Phi) is 8.28. The molecule has 3 atom stereocenters. The molecule has 1 aromatic rings. The van der Waals surface area contributed by atoms with Crippen LogP contribution in [-0.4, -0.2) is 34.3 Å². The topological polar surface area (TPSA) is 139 Å². The van der Waals surface area contributed by atoms with Crippen LogP contribution in [0.2, 0.25) is 0 Å². The molecule has 10 nitrogen and oxygen atoms in total. The number of aromatic nitrogens is 2. The third-order valence-electron chi connectivity index (χ3n) is 4.75. The first kappa shape index (κ1) is 21.7. The van der Waals surface area contributed by atoms with Crippen LogP contribution in [0.1, 0.15) is 63.7 Å². The van der Waals surface area contributed by atoms with Crippen LogP contribution in [0, 0.1) is 6.92 Å². The number of esters is 1. The van der Waals surface area contributed by atoms with Crippen molar-refractivity contribution in [1.29, 1.82) is 0 Å². The molecule has 154 valence electrons. The number of unbranched alkanes of at least 4 members (excludes halogenated alkanes) is 4. The smallest absolute Gasteiger partial charge is 0.330 e. The number of nitrogens with one attached hydrogen (secondary N) is 1. The SMILES string of the molecule is CCCCCCCC(=O)OCC1OC(n2cc(C)c(=O)[nH]c2=O)CC1N=[N+]=[N-]. The summed E-state index contributed by atoms with van der Waals surface area (Å²) < 4.78 is 12.3. The molecule has 0 bridgehead atoms. The van der Waals surface area contributed by atoms with Crippen LogP contribution in [-0.2, 0) is 14.3 Å². The number of aromatic amines is 1. The van der Waals surface area contributed by atoms with Gasteiger partial charge in [0, 0.05) is 29.5 Å². The molecule has 1 aliphatic heterocycles. The number of carbonyl (C=O) groups excluding carboxylic acids is 1. The molecule has 1 saturated heterocycles. The highest BCUT2D eigenvalue weighted by Crippen LogP contribution is 2.30. The Hall–Kier alpha value is -2.58. The number of hydrogen-bond acceptors (Lipinski definition) is 6. The molecule has 0 spiro atoms. The maximum atomic E-state index is 12.0. The van der Waals surface area contributed by atoms with Crippen LogP contribution >= 0.6 is 0 Å². The first-order chi connectivity index (χ1) is 13.5. The second-order valence-electron chi connectivity index (χ2n) is 6.96. The Balaban J connectivity index is 1.94. The minimum absolute atomic E-state index is 0.0505. The van der Waals surface area contributed by atoms with Crippen molar-refractivity contribution in [1.82, 2.24) is 9.55 Å². The maximum absolute atomic E-state index is 12.0. The first-order valence-corrected chi connectivity index (χ1v) is 9.63. The third-order valence-corrected chi connectivity index (χ3v) is 4.75. The lowest BCUT2D eigenvalue weighted by molar-refractivity contribution is -0.148. The van der Waals surface area contributed by atoms with Crippen molar-refractivity contribution in [3.63, 3.8) is 0 Å². The summed E-state index contributed by atoms with van der Waals surface area (Å²) in [4.78, 5) is 40.5. The van der Waals surface area contributed by atoms with Gasteiger partial charge in [0.05, 0.1) is 6.04 Å². The second kappa shape index (κ2) is 10.7. The maximum Gasteiger partial charge on any atom is 0.330 e. The van der Waals surface area contributed by atoms with E-state index in [0.717, 1.165) is 32.1 Å². The van der Waals surface area contributed by atoms with Gasteiger partial charge in [-0.1, -0.05) is 37.7 Å². The highest BCUT2D eigenvalue weighted by atomic mass is 16.6. The van der Waals surface area contributed by atoms with E-state index in [-0.39, 0.29) is 19.0 Å². The highest BCUT2D eigenvalue weighted by Gasteiger charge is 2.37. The van der Waals surface area contributed by atoms with Gasteiger partial charge in [-0.05, 0) is 18.9 Å². The number of nitrogens with zero attached hydrogens (tertiary/aromatic N) is 4. The Labute approximate surface area is 162 Å². The summed E-state index contributed by atoms with van der Waals surface area (Å²) in [7, 11) is 0. The van der Waals surface area contributed by atoms with Crippen molar-refractivity contribution >= 4 is 5.97 Å². The van der Waals surface area contributed by atoms with Crippen LogP contribution in [0.15, 0.2) is 20.9 Å². The van der Waals surface area contributed by atoms with Crippen LogP contribution in [0.5, 0.6) is 0 Å². The fraction of sp³-hybridized carbons (Fsp3) is 0.722. The van der Waals surface area contributed by atoms with E-state index in [4.69, 9.17) is 15.0 Å². The summed E-state index contributed by atoms with van der Waals surface area (Å²) in [5.74, 6) is -0.319. The predicted molar refractivity (Wildman–Crippen MR) is 102 cm³/mol. The predicted octanol–water partition coefficient (Wildman–Crippen LogP) is 2.72. The van der Waals surface area contributed by atoms with Crippen LogP contribution in [0.25, 0.3) is 10.4 Å². The van der Waals surface area contributed by atoms with E-state index < -0.39 is 29.6 Å². The average molecular weight is 393 g/mol. The number of hydrogen-bond donors (Lipinski definition) is 1. The largest absolute Gasteiger partial charge is 0.463 e. The zero-order valence-corrected chi connectivity index (χ0v) is 16.3. The zero-order valence-electron chi connectivity index (χ0n) is 16.3. The molecule has 1 N–H and O–H groups in total. The van der Waals surface area contributed by atoms with E-state index in [0.29, 0.717) is 12.0 Å². The van der Waals surface area contributed by atoms with Gasteiger partial charge in [-0.3, -0.25) is 19.1 Å². The molecule has 2 rings (SSSR count). The number of rotatable bonds is 10. The van der Waals surface area contributed by atoms with Crippen molar-refractivity contribution in [2.24, 2.45) is 5.11 Å². The summed E-state index contributed by atoms with van der Waals surface area (Å²) in [5, 5.41) is 3.70. The summed E-state index contributed by atoms with van der Waals surface area (Å²) >= 11 is 0. The van der Waals surface area contributed by atoms with Gasteiger partial charge < -0.3 is 9.47 Å². The van der Waals surface area contributed by atoms with Crippen molar-refractivity contribution in [3.8, 4) is 0 Å². The molecular formula is C18H27N5O5. The Morgan fingerprint density at radius 3 is 2.86 bits per heavy atom. The molecule has 0 saturated carbocycles. The quantitative estimate of drug-likeness (QED) is 0.214. The molecule has 1 aromatic heterocycles. The number of azide groups is 1. The lowest BCUT2D eigenvalue weighted by atomic mass is 10.1. The monoisotopic (exact) mass is 393 g/mol. The van der Waals surface area contributed by atoms with Crippen molar-refractivity contribution < 1.29 is 14.3 Å². The van der Waals surface area contributed by atoms with Gasteiger partial charge in [-0.15, -0.1) is 0 Å². The molecule has 2 heterocycles. The van der Waals surface area contributed by atoms with E-state index in [2.05, 4.69) is 21.9 Å². The molecule has 3 unspecified atom stereocenters. The van der Waals surface area contributed by atoms with Gasteiger partial charge in [-0.25, -0.2) is 4.79 Å². The minimum atomic E-state index is -0.712. The summed E-state index contributed by atoms with van der Waals surface area (Å²) in [6.07, 6.45) is 5.79.